The Morgan fingerprint density at radius 1 is 0.535 bits per heavy atom. The fourth-order valence-electron chi connectivity index (χ4n) is 5.96. The molecular weight excluding hydrogens is 530 g/mol. The Balaban J connectivity index is 1.29. The van der Waals surface area contributed by atoms with Crippen molar-refractivity contribution in [3.63, 3.8) is 0 Å². The second-order valence-electron chi connectivity index (χ2n) is 10.6. The number of fused-ring (bicyclic) bond motifs is 7. The molecule has 0 aliphatic rings. The van der Waals surface area contributed by atoms with E-state index in [1.54, 1.807) is 0 Å². The van der Waals surface area contributed by atoms with E-state index in [1.165, 1.54) is 0 Å². The van der Waals surface area contributed by atoms with Gasteiger partial charge in [0.15, 0.2) is 5.82 Å². The van der Waals surface area contributed by atoms with Gasteiger partial charge in [-0.25, -0.2) is 19.4 Å². The molecule has 0 atom stereocenters. The highest BCUT2D eigenvalue weighted by atomic mass is 16.3. The highest BCUT2D eigenvalue weighted by Gasteiger charge is 2.23. The summed E-state index contributed by atoms with van der Waals surface area (Å²) in [5.74, 6) is 1.45. The largest absolute Gasteiger partial charge is 0.437 e. The zero-order valence-corrected chi connectivity index (χ0v) is 22.9. The quantitative estimate of drug-likeness (QED) is 0.218. The van der Waals surface area contributed by atoms with Crippen molar-refractivity contribution in [2.24, 2.45) is 0 Å². The van der Waals surface area contributed by atoms with E-state index in [0.717, 1.165) is 72.8 Å². The highest BCUT2D eigenvalue weighted by molar-refractivity contribution is 6.06. The third-order valence-electron chi connectivity index (χ3n) is 7.95. The summed E-state index contributed by atoms with van der Waals surface area (Å²) in [5.41, 5.74) is 10.2. The smallest absolute Gasteiger partial charge is 0.232 e. The van der Waals surface area contributed by atoms with Crippen LogP contribution in [-0.2, 0) is 0 Å². The van der Waals surface area contributed by atoms with Crippen molar-refractivity contribution in [1.82, 2.24) is 23.9 Å². The van der Waals surface area contributed by atoms with Gasteiger partial charge in [0.05, 0.1) is 22.4 Å². The van der Waals surface area contributed by atoms with Crippen molar-refractivity contribution in [2.75, 3.05) is 0 Å². The van der Waals surface area contributed by atoms with E-state index in [1.807, 2.05) is 72.8 Å². The van der Waals surface area contributed by atoms with Gasteiger partial charge in [-0.05, 0) is 48.5 Å². The Hall–Kier alpha value is -6.01. The molecule has 0 radical (unpaired) electrons. The monoisotopic (exact) mass is 553 g/mol. The minimum absolute atomic E-state index is 0.652. The second kappa shape index (κ2) is 9.26. The first kappa shape index (κ1) is 23.7. The number of rotatable bonds is 4. The van der Waals surface area contributed by atoms with E-state index in [9.17, 15) is 0 Å². The Morgan fingerprint density at radius 2 is 1.16 bits per heavy atom. The molecule has 4 aromatic heterocycles. The van der Waals surface area contributed by atoms with Crippen molar-refractivity contribution < 1.29 is 4.42 Å². The van der Waals surface area contributed by atoms with Crippen molar-refractivity contribution in [1.29, 1.82) is 0 Å². The number of para-hydroxylation sites is 2. The molecule has 0 amide bonds. The van der Waals surface area contributed by atoms with Crippen LogP contribution in [0.1, 0.15) is 0 Å². The molecule has 9 rings (SSSR count). The second-order valence-corrected chi connectivity index (χ2v) is 10.6. The van der Waals surface area contributed by atoms with Crippen molar-refractivity contribution >= 4 is 39.0 Å². The number of imidazole rings is 2. The van der Waals surface area contributed by atoms with Gasteiger partial charge in [0, 0.05) is 27.8 Å². The summed E-state index contributed by atoms with van der Waals surface area (Å²) >= 11 is 0. The number of hydrogen-bond acceptors (Lipinski definition) is 4. The zero-order chi connectivity index (χ0) is 28.3. The molecule has 6 heteroatoms. The Kier molecular flexibility index (Phi) is 5.10. The van der Waals surface area contributed by atoms with Gasteiger partial charge in [0.2, 0.25) is 11.5 Å². The van der Waals surface area contributed by atoms with E-state index >= 15 is 0 Å². The maximum atomic E-state index is 6.46. The molecule has 0 aliphatic heterocycles. The molecule has 0 unspecified atom stereocenters. The predicted octanol–water partition coefficient (Wildman–Crippen LogP) is 8.97. The molecule has 0 saturated carbocycles. The Morgan fingerprint density at radius 3 is 1.86 bits per heavy atom. The number of aromatic nitrogens is 5. The van der Waals surface area contributed by atoms with Gasteiger partial charge in [0.1, 0.15) is 11.1 Å². The molecule has 9 aromatic rings. The van der Waals surface area contributed by atoms with Crippen LogP contribution in [0.15, 0.2) is 144 Å². The minimum Gasteiger partial charge on any atom is -0.437 e. The average Bonchev–Trinajstić information content (AvgIpc) is 3.73. The molecule has 0 bridgehead atoms. The minimum atomic E-state index is 0.652. The van der Waals surface area contributed by atoms with E-state index in [-0.39, 0.29) is 0 Å². The maximum Gasteiger partial charge on any atom is 0.232 e. The lowest BCUT2D eigenvalue weighted by Crippen LogP contribution is -1.96. The third kappa shape index (κ3) is 3.70. The first-order valence-corrected chi connectivity index (χ1v) is 14.2. The van der Waals surface area contributed by atoms with Gasteiger partial charge in [0.25, 0.3) is 0 Å². The zero-order valence-electron chi connectivity index (χ0n) is 22.9. The first-order chi connectivity index (χ1) is 21.3. The first-order valence-electron chi connectivity index (χ1n) is 14.2. The normalized spacial score (nSPS) is 11.7. The van der Waals surface area contributed by atoms with Crippen LogP contribution < -0.4 is 0 Å². The summed E-state index contributed by atoms with van der Waals surface area (Å²) < 4.78 is 10.7. The van der Waals surface area contributed by atoms with Crippen molar-refractivity contribution in [2.45, 2.75) is 0 Å². The molecule has 43 heavy (non-hydrogen) atoms. The van der Waals surface area contributed by atoms with Gasteiger partial charge < -0.3 is 4.42 Å². The SMILES string of the molecule is c1ccc(-c2cc(-c3ccccc3)nc(-c3ccc4c(c3)nc3n(-c5ccccc5)c5c6ccccc6oc5n43)n2)cc1. The van der Waals surface area contributed by atoms with Crippen molar-refractivity contribution in [3.8, 4) is 39.6 Å². The van der Waals surface area contributed by atoms with E-state index in [0.29, 0.717) is 5.82 Å². The lowest BCUT2D eigenvalue weighted by molar-refractivity contribution is 0.651. The van der Waals surface area contributed by atoms with Crippen molar-refractivity contribution in [3.05, 3.63) is 140 Å². The molecule has 0 saturated heterocycles. The highest BCUT2D eigenvalue weighted by Crippen LogP contribution is 2.37. The summed E-state index contributed by atoms with van der Waals surface area (Å²) in [6, 6.07) is 47.2. The van der Waals surface area contributed by atoms with Gasteiger partial charge >= 0.3 is 0 Å². The fraction of sp³-hybridized carbons (Fsp3) is 0. The summed E-state index contributed by atoms with van der Waals surface area (Å²) in [4.78, 5) is 15.2. The number of hydrogen-bond donors (Lipinski definition) is 0. The van der Waals surface area contributed by atoms with Gasteiger partial charge in [-0.3, -0.25) is 4.57 Å². The number of furan rings is 1. The third-order valence-corrected chi connectivity index (χ3v) is 7.95. The van der Waals surface area contributed by atoms with Crippen LogP contribution in [0.25, 0.3) is 78.6 Å². The lowest BCUT2D eigenvalue weighted by atomic mass is 10.1. The maximum absolute atomic E-state index is 6.46. The predicted molar refractivity (Wildman–Crippen MR) is 171 cm³/mol. The Bertz CT molecular complexity index is 2380. The topological polar surface area (TPSA) is 61.2 Å². The molecule has 202 valence electrons. The molecule has 0 aliphatic carbocycles. The van der Waals surface area contributed by atoms with Crippen LogP contribution in [-0.4, -0.2) is 23.9 Å². The molecule has 0 fully saturated rings. The van der Waals surface area contributed by atoms with Crippen LogP contribution in [0.3, 0.4) is 0 Å². The van der Waals surface area contributed by atoms with Gasteiger partial charge in [-0.15, -0.1) is 0 Å². The van der Waals surface area contributed by atoms with Crippen LogP contribution in [0, 0.1) is 0 Å². The van der Waals surface area contributed by atoms with Gasteiger partial charge in [-0.2, -0.15) is 0 Å². The molecule has 0 N–H and O–H groups in total. The fourth-order valence-corrected chi connectivity index (χ4v) is 5.96. The molecule has 4 heterocycles. The summed E-state index contributed by atoms with van der Waals surface area (Å²) in [7, 11) is 0. The van der Waals surface area contributed by atoms with Crippen LogP contribution >= 0.6 is 0 Å². The molecule has 0 spiro atoms. The lowest BCUT2D eigenvalue weighted by Gasteiger charge is -2.09. The average molecular weight is 554 g/mol. The standard InChI is InChI=1S/C37H23N5O/c1-4-12-24(13-5-1)29-23-30(25-14-6-2-7-15-25)39-35(38-29)26-20-21-32-31(22-26)40-37-41(27-16-8-3-9-17-27)34-28-18-10-11-19-33(28)43-36(34)42(32)37/h1-23H. The number of nitrogens with zero attached hydrogens (tertiary/aromatic N) is 5. The molecular formula is C37H23N5O. The Labute approximate surface area is 246 Å². The van der Waals surface area contributed by atoms with E-state index in [4.69, 9.17) is 19.4 Å². The van der Waals surface area contributed by atoms with Crippen LogP contribution in [0.5, 0.6) is 0 Å². The molecule has 6 nitrogen and oxygen atoms in total. The number of benzene rings is 5. The van der Waals surface area contributed by atoms with E-state index < -0.39 is 0 Å². The van der Waals surface area contributed by atoms with Gasteiger partial charge in [-0.1, -0.05) is 91.0 Å². The van der Waals surface area contributed by atoms with E-state index in [2.05, 4.69) is 75.7 Å². The van der Waals surface area contributed by atoms with Crippen LogP contribution in [0.2, 0.25) is 0 Å². The van der Waals surface area contributed by atoms with Crippen LogP contribution in [0.4, 0.5) is 0 Å². The summed E-state index contributed by atoms with van der Waals surface area (Å²) in [5, 5.41) is 1.05. The summed E-state index contributed by atoms with van der Waals surface area (Å²) in [6.45, 7) is 0. The summed E-state index contributed by atoms with van der Waals surface area (Å²) in [6.07, 6.45) is 0. The molecule has 5 aromatic carbocycles.